The summed E-state index contributed by atoms with van der Waals surface area (Å²) in [6, 6.07) is 39.2. The zero-order valence-corrected chi connectivity index (χ0v) is 17.0. The molecule has 0 N–H and O–H groups in total. The molecule has 1 heterocycles. The molecular weight excluding hydrogens is 376 g/mol. The average molecular weight is 396 g/mol. The first kappa shape index (κ1) is 16.9. The maximum absolute atomic E-state index is 6.88. The maximum Gasteiger partial charge on any atom is 0.135 e. The van der Waals surface area contributed by atoms with E-state index in [9.17, 15) is 0 Å². The summed E-state index contributed by atoms with van der Waals surface area (Å²) in [6.07, 6.45) is -0.0478. The van der Waals surface area contributed by atoms with Crippen LogP contribution in [0.1, 0.15) is 28.7 Å². The van der Waals surface area contributed by atoms with Crippen molar-refractivity contribution in [2.45, 2.75) is 12.0 Å². The van der Waals surface area contributed by atoms with Crippen molar-refractivity contribution >= 4 is 32.3 Å². The zero-order valence-electron chi connectivity index (χ0n) is 17.0. The Morgan fingerprint density at radius 2 is 1.06 bits per heavy atom. The van der Waals surface area contributed by atoms with E-state index in [0.717, 1.165) is 5.75 Å². The van der Waals surface area contributed by atoms with Crippen LogP contribution < -0.4 is 4.74 Å². The molecule has 6 aromatic carbocycles. The largest absolute Gasteiger partial charge is 0.484 e. The molecule has 0 bridgehead atoms. The second-order valence-electron chi connectivity index (χ2n) is 8.45. The SMILES string of the molecule is c1ccc(C2Oc3c(c4cccc5ccc6cccc3c6c54)C2c2ccccc2)cc1. The van der Waals surface area contributed by atoms with Crippen LogP contribution in [0.2, 0.25) is 0 Å². The van der Waals surface area contributed by atoms with E-state index >= 15 is 0 Å². The van der Waals surface area contributed by atoms with Gasteiger partial charge in [0.15, 0.2) is 0 Å². The molecule has 0 radical (unpaired) electrons. The third kappa shape index (κ3) is 2.32. The van der Waals surface area contributed by atoms with Crippen molar-refractivity contribution in [1.82, 2.24) is 0 Å². The Morgan fingerprint density at radius 3 is 1.74 bits per heavy atom. The van der Waals surface area contributed by atoms with E-state index in [1.165, 1.54) is 49.0 Å². The molecule has 0 spiro atoms. The number of fused-ring (bicyclic) bond motifs is 3. The number of rotatable bonds is 2. The van der Waals surface area contributed by atoms with Crippen molar-refractivity contribution in [3.05, 3.63) is 126 Å². The van der Waals surface area contributed by atoms with Gasteiger partial charge in [0.25, 0.3) is 0 Å². The summed E-state index contributed by atoms with van der Waals surface area (Å²) in [6.45, 7) is 0. The summed E-state index contributed by atoms with van der Waals surface area (Å²) in [7, 11) is 0. The smallest absolute Gasteiger partial charge is 0.135 e. The molecule has 0 amide bonds. The average Bonchev–Trinajstić information content (AvgIpc) is 3.25. The minimum atomic E-state index is -0.0478. The molecule has 1 nitrogen and oxygen atoms in total. The Hall–Kier alpha value is -3.84. The van der Waals surface area contributed by atoms with Gasteiger partial charge < -0.3 is 4.74 Å². The van der Waals surface area contributed by atoms with Gasteiger partial charge in [-0.25, -0.2) is 0 Å². The first-order valence-electron chi connectivity index (χ1n) is 10.9. The summed E-state index contributed by atoms with van der Waals surface area (Å²) >= 11 is 0. The van der Waals surface area contributed by atoms with Crippen molar-refractivity contribution in [1.29, 1.82) is 0 Å². The van der Waals surface area contributed by atoms with Crippen LogP contribution in [0.3, 0.4) is 0 Å². The molecular formula is C30H20O. The normalized spacial score (nSPS) is 17.9. The van der Waals surface area contributed by atoms with Crippen molar-refractivity contribution in [2.24, 2.45) is 0 Å². The van der Waals surface area contributed by atoms with E-state index in [-0.39, 0.29) is 12.0 Å². The van der Waals surface area contributed by atoms with Gasteiger partial charge >= 0.3 is 0 Å². The van der Waals surface area contributed by atoms with E-state index in [0.29, 0.717) is 0 Å². The Morgan fingerprint density at radius 1 is 0.484 bits per heavy atom. The summed E-state index contributed by atoms with van der Waals surface area (Å²) in [4.78, 5) is 0. The van der Waals surface area contributed by atoms with Gasteiger partial charge in [0.2, 0.25) is 0 Å². The van der Waals surface area contributed by atoms with Crippen molar-refractivity contribution in [3.8, 4) is 5.75 Å². The van der Waals surface area contributed by atoms with Gasteiger partial charge in [-0.3, -0.25) is 0 Å². The minimum Gasteiger partial charge on any atom is -0.484 e. The van der Waals surface area contributed by atoms with Crippen LogP contribution in [0.25, 0.3) is 32.3 Å². The summed E-state index contributed by atoms with van der Waals surface area (Å²) in [5.41, 5.74) is 3.83. The lowest BCUT2D eigenvalue weighted by atomic mass is 9.81. The van der Waals surface area contributed by atoms with Crippen LogP contribution in [0.5, 0.6) is 5.75 Å². The molecule has 146 valence electrons. The van der Waals surface area contributed by atoms with Crippen LogP contribution in [0, 0.1) is 0 Å². The van der Waals surface area contributed by atoms with Crippen LogP contribution in [0.4, 0.5) is 0 Å². The number of hydrogen-bond donors (Lipinski definition) is 0. The fourth-order valence-corrected chi connectivity index (χ4v) is 5.52. The highest BCUT2D eigenvalue weighted by Gasteiger charge is 2.39. The second kappa shape index (κ2) is 6.33. The third-order valence-electron chi connectivity index (χ3n) is 6.81. The molecule has 7 rings (SSSR count). The fraction of sp³-hybridized carbons (Fsp3) is 0.0667. The van der Waals surface area contributed by atoms with Crippen LogP contribution in [-0.2, 0) is 0 Å². The second-order valence-corrected chi connectivity index (χ2v) is 8.45. The first-order valence-corrected chi connectivity index (χ1v) is 10.9. The van der Waals surface area contributed by atoms with Gasteiger partial charge in [0.1, 0.15) is 11.9 Å². The van der Waals surface area contributed by atoms with E-state index in [1.807, 2.05) is 0 Å². The highest BCUT2D eigenvalue weighted by Crippen LogP contribution is 2.56. The lowest BCUT2D eigenvalue weighted by Gasteiger charge is -2.21. The minimum absolute atomic E-state index is 0.0478. The number of hydrogen-bond acceptors (Lipinski definition) is 1. The highest BCUT2D eigenvalue weighted by atomic mass is 16.5. The van der Waals surface area contributed by atoms with Gasteiger partial charge in [-0.05, 0) is 32.7 Å². The molecule has 1 aliphatic rings. The lowest BCUT2D eigenvalue weighted by Crippen LogP contribution is -2.11. The van der Waals surface area contributed by atoms with E-state index in [1.54, 1.807) is 0 Å². The highest BCUT2D eigenvalue weighted by molar-refractivity contribution is 6.26. The third-order valence-corrected chi connectivity index (χ3v) is 6.81. The molecule has 0 saturated heterocycles. The standard InChI is InChI=1S/C30H20O/c1-3-9-19(10-4-1)27-28-23-15-7-13-20-17-18-21-14-8-16-24(26(21)25(20)23)30(28)31-29(27)22-11-5-2-6-12-22/h1-18,27,29H. The molecule has 0 aromatic heterocycles. The molecule has 0 saturated carbocycles. The summed E-state index contributed by atoms with van der Waals surface area (Å²) in [5, 5.41) is 7.76. The van der Waals surface area contributed by atoms with Crippen LogP contribution >= 0.6 is 0 Å². The summed E-state index contributed by atoms with van der Waals surface area (Å²) in [5.74, 6) is 1.19. The fourth-order valence-electron chi connectivity index (χ4n) is 5.52. The van der Waals surface area contributed by atoms with Crippen molar-refractivity contribution < 1.29 is 4.74 Å². The molecule has 2 atom stereocenters. The summed E-state index contributed by atoms with van der Waals surface area (Å²) < 4.78 is 6.88. The molecule has 1 aliphatic heterocycles. The van der Waals surface area contributed by atoms with Crippen molar-refractivity contribution in [2.75, 3.05) is 0 Å². The Kier molecular flexibility index (Phi) is 3.45. The predicted octanol–water partition coefficient (Wildman–Crippen LogP) is 7.85. The Balaban J connectivity index is 1.64. The Labute approximate surface area is 180 Å². The molecule has 0 aliphatic carbocycles. The maximum atomic E-state index is 6.88. The zero-order chi connectivity index (χ0) is 20.4. The predicted molar refractivity (Wildman–Crippen MR) is 128 cm³/mol. The number of ether oxygens (including phenoxy) is 1. The monoisotopic (exact) mass is 396 g/mol. The van der Waals surface area contributed by atoms with Gasteiger partial charge in [0, 0.05) is 16.3 Å². The Bertz CT molecular complexity index is 1550. The molecule has 31 heavy (non-hydrogen) atoms. The van der Waals surface area contributed by atoms with E-state index < -0.39 is 0 Å². The van der Waals surface area contributed by atoms with Gasteiger partial charge in [-0.2, -0.15) is 0 Å². The molecule has 0 fully saturated rings. The lowest BCUT2D eigenvalue weighted by molar-refractivity contribution is 0.224. The van der Waals surface area contributed by atoms with Crippen LogP contribution in [0.15, 0.2) is 109 Å². The quantitative estimate of drug-likeness (QED) is 0.271. The molecule has 2 unspecified atom stereocenters. The van der Waals surface area contributed by atoms with Gasteiger partial charge in [-0.15, -0.1) is 0 Å². The van der Waals surface area contributed by atoms with Gasteiger partial charge in [-0.1, -0.05) is 109 Å². The van der Waals surface area contributed by atoms with E-state index in [4.69, 9.17) is 4.74 Å². The molecule has 6 aromatic rings. The van der Waals surface area contributed by atoms with Crippen LogP contribution in [-0.4, -0.2) is 0 Å². The first-order chi connectivity index (χ1) is 15.4. The number of benzene rings is 6. The topological polar surface area (TPSA) is 9.23 Å². The van der Waals surface area contributed by atoms with E-state index in [2.05, 4.69) is 109 Å². The van der Waals surface area contributed by atoms with Gasteiger partial charge in [0.05, 0.1) is 5.92 Å². The van der Waals surface area contributed by atoms with Crippen molar-refractivity contribution in [3.63, 3.8) is 0 Å². The molecule has 1 heteroatoms.